The van der Waals surface area contributed by atoms with Gasteiger partial charge in [-0.25, -0.2) is 4.79 Å². The zero-order valence-electron chi connectivity index (χ0n) is 13.9. The molecule has 0 heterocycles. The molecule has 0 saturated carbocycles. The van der Waals surface area contributed by atoms with Gasteiger partial charge in [-0.3, -0.25) is 4.79 Å². The summed E-state index contributed by atoms with van der Waals surface area (Å²) in [5, 5.41) is 12.8. The summed E-state index contributed by atoms with van der Waals surface area (Å²) in [6.07, 6.45) is 0.729. The lowest BCUT2D eigenvalue weighted by atomic mass is 10.00. The highest BCUT2D eigenvalue weighted by Gasteiger charge is 2.35. The van der Waals surface area contributed by atoms with Crippen LogP contribution in [-0.4, -0.2) is 29.1 Å². The van der Waals surface area contributed by atoms with Crippen LogP contribution in [0.4, 0.5) is 0 Å². The van der Waals surface area contributed by atoms with Crippen LogP contribution < -0.4 is 10.1 Å². The lowest BCUT2D eigenvalue weighted by molar-refractivity contribution is -0.154. The Kier molecular flexibility index (Phi) is 6.42. The van der Waals surface area contributed by atoms with Gasteiger partial charge in [0.2, 0.25) is 5.60 Å². The van der Waals surface area contributed by atoms with E-state index in [2.05, 4.69) is 5.32 Å². The topological polar surface area (TPSA) is 75.6 Å². The highest BCUT2D eigenvalue weighted by Crippen LogP contribution is 2.22. The SMILES string of the molecule is CC(CCCNC(=O)c1ccc(Cl)cc1)(Oc1ccccc1)C(=O)O. The van der Waals surface area contributed by atoms with Crippen LogP contribution in [0.5, 0.6) is 5.75 Å². The third-order valence-electron chi connectivity index (χ3n) is 3.76. The first-order valence-corrected chi connectivity index (χ1v) is 8.30. The molecule has 0 fully saturated rings. The summed E-state index contributed by atoms with van der Waals surface area (Å²) < 4.78 is 5.64. The van der Waals surface area contributed by atoms with Gasteiger partial charge in [0.05, 0.1) is 0 Å². The highest BCUT2D eigenvalue weighted by atomic mass is 35.5. The Morgan fingerprint density at radius 3 is 2.36 bits per heavy atom. The van der Waals surface area contributed by atoms with Crippen LogP contribution in [0.15, 0.2) is 54.6 Å². The molecule has 0 saturated heterocycles. The van der Waals surface area contributed by atoms with Crippen LogP contribution in [0.1, 0.15) is 30.1 Å². The predicted octanol–water partition coefficient (Wildman–Crippen LogP) is 3.77. The second-order valence-electron chi connectivity index (χ2n) is 5.82. The minimum absolute atomic E-state index is 0.224. The number of hydrogen-bond acceptors (Lipinski definition) is 3. The fourth-order valence-electron chi connectivity index (χ4n) is 2.28. The maximum Gasteiger partial charge on any atom is 0.347 e. The number of halogens is 1. The van der Waals surface area contributed by atoms with Gasteiger partial charge in [0.15, 0.2) is 0 Å². The number of para-hydroxylation sites is 1. The van der Waals surface area contributed by atoms with Gasteiger partial charge in [0.25, 0.3) is 5.91 Å². The Balaban J connectivity index is 1.86. The monoisotopic (exact) mass is 361 g/mol. The number of aliphatic carboxylic acids is 1. The number of ether oxygens (including phenoxy) is 1. The average Bonchev–Trinajstić information content (AvgIpc) is 2.60. The quantitative estimate of drug-likeness (QED) is 0.702. The van der Waals surface area contributed by atoms with Gasteiger partial charge in [0, 0.05) is 17.1 Å². The van der Waals surface area contributed by atoms with E-state index in [1.54, 1.807) is 48.5 Å². The molecule has 1 unspecified atom stereocenters. The standard InChI is InChI=1S/C19H20ClNO4/c1-19(18(23)24,25-16-6-3-2-4-7-16)12-5-13-21-17(22)14-8-10-15(20)11-9-14/h2-4,6-11H,5,12-13H2,1H3,(H,21,22)(H,23,24). The number of amides is 1. The molecule has 132 valence electrons. The Morgan fingerprint density at radius 1 is 1.12 bits per heavy atom. The molecule has 6 heteroatoms. The number of hydrogen-bond donors (Lipinski definition) is 2. The Bertz CT molecular complexity index is 718. The summed E-state index contributed by atoms with van der Waals surface area (Å²) in [6, 6.07) is 15.4. The number of carboxylic acid groups (broad SMARTS) is 1. The summed E-state index contributed by atoms with van der Waals surface area (Å²) in [5.74, 6) is -0.768. The summed E-state index contributed by atoms with van der Waals surface area (Å²) in [5.41, 5.74) is -0.849. The molecule has 2 N–H and O–H groups in total. The van der Waals surface area contributed by atoms with Crippen molar-refractivity contribution >= 4 is 23.5 Å². The maximum atomic E-state index is 12.0. The van der Waals surface area contributed by atoms with E-state index in [-0.39, 0.29) is 12.3 Å². The van der Waals surface area contributed by atoms with E-state index >= 15 is 0 Å². The Hall–Kier alpha value is -2.53. The third-order valence-corrected chi connectivity index (χ3v) is 4.01. The molecule has 0 aliphatic rings. The van der Waals surface area contributed by atoms with Crippen LogP contribution in [0.2, 0.25) is 5.02 Å². The van der Waals surface area contributed by atoms with E-state index < -0.39 is 11.6 Å². The molecule has 25 heavy (non-hydrogen) atoms. The molecule has 2 rings (SSSR count). The second kappa shape index (κ2) is 8.53. The molecule has 2 aromatic carbocycles. The molecule has 1 atom stereocenters. The molecule has 5 nitrogen and oxygen atoms in total. The first-order chi connectivity index (χ1) is 11.9. The summed E-state index contributed by atoms with van der Waals surface area (Å²) >= 11 is 5.79. The number of carbonyl (C=O) groups excluding carboxylic acids is 1. The molecule has 0 aromatic heterocycles. The predicted molar refractivity (Wildman–Crippen MR) is 96.1 cm³/mol. The van der Waals surface area contributed by atoms with E-state index in [0.717, 1.165) is 0 Å². The van der Waals surface area contributed by atoms with Crippen LogP contribution >= 0.6 is 11.6 Å². The fraction of sp³-hybridized carbons (Fsp3) is 0.263. The van der Waals surface area contributed by atoms with Gasteiger partial charge in [0.1, 0.15) is 5.75 Å². The molecule has 1 amide bonds. The smallest absolute Gasteiger partial charge is 0.347 e. The maximum absolute atomic E-state index is 12.0. The van der Waals surface area contributed by atoms with Gasteiger partial charge < -0.3 is 15.2 Å². The van der Waals surface area contributed by atoms with Crippen molar-refractivity contribution in [3.05, 3.63) is 65.2 Å². The van der Waals surface area contributed by atoms with Crippen molar-refractivity contribution in [1.82, 2.24) is 5.32 Å². The van der Waals surface area contributed by atoms with Crippen molar-refractivity contribution in [2.45, 2.75) is 25.4 Å². The van der Waals surface area contributed by atoms with Crippen molar-refractivity contribution in [1.29, 1.82) is 0 Å². The molecule has 0 aliphatic carbocycles. The Morgan fingerprint density at radius 2 is 1.76 bits per heavy atom. The minimum atomic E-state index is -1.35. The molecule has 2 aromatic rings. The van der Waals surface area contributed by atoms with E-state index in [4.69, 9.17) is 16.3 Å². The van der Waals surface area contributed by atoms with E-state index in [1.165, 1.54) is 6.92 Å². The first-order valence-electron chi connectivity index (χ1n) is 7.92. The third kappa shape index (κ3) is 5.50. The van der Waals surface area contributed by atoms with Gasteiger partial charge in [-0.2, -0.15) is 0 Å². The summed E-state index contributed by atoms with van der Waals surface area (Å²) in [4.78, 5) is 23.6. The average molecular weight is 362 g/mol. The van der Waals surface area contributed by atoms with Crippen LogP contribution in [0.3, 0.4) is 0 Å². The van der Waals surface area contributed by atoms with Gasteiger partial charge >= 0.3 is 5.97 Å². The van der Waals surface area contributed by atoms with Crippen molar-refractivity contribution in [3.8, 4) is 5.75 Å². The molecule has 0 aliphatic heterocycles. The molecular weight excluding hydrogens is 342 g/mol. The lowest BCUT2D eigenvalue weighted by Crippen LogP contribution is -2.42. The van der Waals surface area contributed by atoms with Gasteiger partial charge in [-0.15, -0.1) is 0 Å². The highest BCUT2D eigenvalue weighted by molar-refractivity contribution is 6.30. The number of rotatable bonds is 8. The van der Waals surface area contributed by atoms with Crippen molar-refractivity contribution in [2.75, 3.05) is 6.54 Å². The molecule has 0 bridgehead atoms. The van der Waals surface area contributed by atoms with Crippen LogP contribution in [0, 0.1) is 0 Å². The van der Waals surface area contributed by atoms with E-state index in [9.17, 15) is 14.7 Å². The fourth-order valence-corrected chi connectivity index (χ4v) is 2.41. The summed E-state index contributed by atoms with van der Waals surface area (Å²) in [7, 11) is 0. The largest absolute Gasteiger partial charge is 0.478 e. The number of nitrogens with one attached hydrogen (secondary N) is 1. The normalized spacial score (nSPS) is 12.9. The number of carbonyl (C=O) groups is 2. The second-order valence-corrected chi connectivity index (χ2v) is 6.25. The number of carboxylic acids is 1. The molecular formula is C19H20ClNO4. The first kappa shape index (κ1) is 18.8. The number of benzene rings is 2. The van der Waals surface area contributed by atoms with E-state index in [1.807, 2.05) is 6.07 Å². The van der Waals surface area contributed by atoms with Gasteiger partial charge in [-0.05, 0) is 56.2 Å². The Labute approximate surface area is 151 Å². The molecule has 0 radical (unpaired) electrons. The van der Waals surface area contributed by atoms with Crippen molar-refractivity contribution in [3.63, 3.8) is 0 Å². The zero-order chi connectivity index (χ0) is 18.3. The van der Waals surface area contributed by atoms with E-state index in [0.29, 0.717) is 29.3 Å². The van der Waals surface area contributed by atoms with Crippen LogP contribution in [-0.2, 0) is 4.79 Å². The van der Waals surface area contributed by atoms with Crippen LogP contribution in [0.25, 0.3) is 0 Å². The van der Waals surface area contributed by atoms with Gasteiger partial charge in [-0.1, -0.05) is 29.8 Å². The zero-order valence-corrected chi connectivity index (χ0v) is 14.6. The lowest BCUT2D eigenvalue weighted by Gasteiger charge is -2.26. The minimum Gasteiger partial charge on any atom is -0.478 e. The van der Waals surface area contributed by atoms with Crippen molar-refractivity contribution in [2.24, 2.45) is 0 Å². The summed E-state index contributed by atoms with van der Waals surface area (Å²) in [6.45, 7) is 1.88. The van der Waals surface area contributed by atoms with Crippen molar-refractivity contribution < 1.29 is 19.4 Å². The molecule has 0 spiro atoms.